The van der Waals surface area contributed by atoms with Crippen molar-refractivity contribution in [3.8, 4) is 11.5 Å². The molecule has 3 heteroatoms. The van der Waals surface area contributed by atoms with E-state index in [1.807, 2.05) is 13.8 Å². The molecule has 1 aromatic rings. The molecule has 1 aromatic carbocycles. The van der Waals surface area contributed by atoms with E-state index < -0.39 is 0 Å². The zero-order valence-corrected chi connectivity index (χ0v) is 11.9. The minimum atomic E-state index is -0.0922. The average Bonchev–Trinajstić information content (AvgIpc) is 2.42. The minimum absolute atomic E-state index is 0.0922. The van der Waals surface area contributed by atoms with Crippen molar-refractivity contribution in [1.82, 2.24) is 0 Å². The smallest absolute Gasteiger partial charge is 0.182 e. The van der Waals surface area contributed by atoms with Gasteiger partial charge < -0.3 is 9.84 Å². The number of phenolic OH excluding ortho intramolecular Hbond substituents is 1. The third-order valence-electron chi connectivity index (χ3n) is 3.33. The van der Waals surface area contributed by atoms with Crippen LogP contribution >= 0.6 is 0 Å². The number of allylic oxidation sites excluding steroid dienone is 4. The van der Waals surface area contributed by atoms with Crippen LogP contribution in [-0.2, 0) is 4.79 Å². The van der Waals surface area contributed by atoms with Gasteiger partial charge in [-0.3, -0.25) is 4.79 Å². The quantitative estimate of drug-likeness (QED) is 0.908. The van der Waals surface area contributed by atoms with E-state index in [1.54, 1.807) is 24.3 Å². The van der Waals surface area contributed by atoms with Crippen molar-refractivity contribution in [1.29, 1.82) is 0 Å². The zero-order chi connectivity index (χ0) is 14.7. The lowest BCUT2D eigenvalue weighted by Crippen LogP contribution is -2.08. The second kappa shape index (κ2) is 5.78. The maximum absolute atomic E-state index is 11.6. The lowest BCUT2D eigenvalue weighted by molar-refractivity contribution is -0.110. The molecule has 0 saturated carbocycles. The topological polar surface area (TPSA) is 46.5 Å². The molecule has 0 heterocycles. The van der Waals surface area contributed by atoms with Crippen molar-refractivity contribution in [3.05, 3.63) is 58.9 Å². The number of carbonyl (C=O) groups excluding carboxylic acids is 1. The monoisotopic (exact) mass is 270 g/mol. The third-order valence-corrected chi connectivity index (χ3v) is 3.33. The van der Waals surface area contributed by atoms with Crippen LogP contribution in [0.2, 0.25) is 0 Å². The Balaban J connectivity index is 2.39. The third kappa shape index (κ3) is 2.99. The van der Waals surface area contributed by atoms with Crippen LogP contribution in [0.4, 0.5) is 0 Å². The molecule has 0 radical (unpaired) electrons. The van der Waals surface area contributed by atoms with Gasteiger partial charge in [-0.2, -0.15) is 0 Å². The first-order chi connectivity index (χ1) is 9.51. The van der Waals surface area contributed by atoms with Crippen LogP contribution in [0.15, 0.2) is 53.3 Å². The van der Waals surface area contributed by atoms with E-state index in [2.05, 4.69) is 6.92 Å². The number of hydrogen-bond donors (Lipinski definition) is 1. The minimum Gasteiger partial charge on any atom is -0.508 e. The first-order valence-electron chi connectivity index (χ1n) is 6.62. The zero-order valence-electron chi connectivity index (χ0n) is 11.9. The molecule has 1 aliphatic rings. The van der Waals surface area contributed by atoms with Gasteiger partial charge in [-0.1, -0.05) is 18.6 Å². The maximum atomic E-state index is 11.6. The summed E-state index contributed by atoms with van der Waals surface area (Å²) in [7, 11) is 0. The number of aromatic hydroxyl groups is 1. The Morgan fingerprint density at radius 3 is 2.75 bits per heavy atom. The number of aryl methyl sites for hydroxylation is 1. The van der Waals surface area contributed by atoms with E-state index in [0.29, 0.717) is 11.5 Å². The van der Waals surface area contributed by atoms with Crippen molar-refractivity contribution < 1.29 is 14.6 Å². The van der Waals surface area contributed by atoms with Gasteiger partial charge in [0.2, 0.25) is 0 Å². The Morgan fingerprint density at radius 2 is 2.05 bits per heavy atom. The highest BCUT2D eigenvalue weighted by Crippen LogP contribution is 2.29. The first kappa shape index (κ1) is 14.1. The van der Waals surface area contributed by atoms with E-state index in [-0.39, 0.29) is 11.5 Å². The van der Waals surface area contributed by atoms with Crippen molar-refractivity contribution in [2.24, 2.45) is 0 Å². The van der Waals surface area contributed by atoms with Crippen LogP contribution in [-0.4, -0.2) is 10.9 Å². The highest BCUT2D eigenvalue weighted by atomic mass is 16.5. The SMILES string of the molecule is CCC(C)=C1C=CC(=O)C=C1Oc1cc(O)ccc1C. The molecular weight excluding hydrogens is 252 g/mol. The molecular formula is C17H18O3. The standard InChI is InChI=1S/C17H18O3/c1-4-11(2)15-8-7-14(19)10-17(15)20-16-9-13(18)6-5-12(16)3/h5-10,18H,4H2,1-3H3. The number of carbonyl (C=O) groups is 1. The number of benzene rings is 1. The molecule has 0 aromatic heterocycles. The summed E-state index contributed by atoms with van der Waals surface area (Å²) >= 11 is 0. The Labute approximate surface area is 118 Å². The summed E-state index contributed by atoms with van der Waals surface area (Å²) in [5.74, 6) is 1.14. The average molecular weight is 270 g/mol. The van der Waals surface area contributed by atoms with E-state index in [0.717, 1.165) is 23.1 Å². The van der Waals surface area contributed by atoms with Gasteiger partial charge in [0.05, 0.1) is 0 Å². The largest absolute Gasteiger partial charge is 0.508 e. The van der Waals surface area contributed by atoms with Gasteiger partial charge in [0.15, 0.2) is 5.78 Å². The summed E-state index contributed by atoms with van der Waals surface area (Å²) in [5, 5.41) is 9.55. The van der Waals surface area contributed by atoms with Crippen molar-refractivity contribution in [3.63, 3.8) is 0 Å². The molecule has 1 aliphatic carbocycles. The van der Waals surface area contributed by atoms with Crippen LogP contribution < -0.4 is 4.74 Å². The van der Waals surface area contributed by atoms with E-state index >= 15 is 0 Å². The molecule has 0 unspecified atom stereocenters. The number of ketones is 1. The van der Waals surface area contributed by atoms with Gasteiger partial charge in [0.25, 0.3) is 0 Å². The Bertz CT molecular complexity index is 634. The molecule has 20 heavy (non-hydrogen) atoms. The van der Waals surface area contributed by atoms with Gasteiger partial charge in [-0.25, -0.2) is 0 Å². The second-order valence-electron chi connectivity index (χ2n) is 4.84. The highest BCUT2D eigenvalue weighted by Gasteiger charge is 2.15. The molecule has 3 nitrogen and oxygen atoms in total. The molecule has 104 valence electrons. The second-order valence-corrected chi connectivity index (χ2v) is 4.84. The Morgan fingerprint density at radius 1 is 1.30 bits per heavy atom. The fraction of sp³-hybridized carbons (Fsp3) is 0.235. The van der Waals surface area contributed by atoms with Gasteiger partial charge in [-0.15, -0.1) is 0 Å². The van der Waals surface area contributed by atoms with Crippen molar-refractivity contribution in [2.45, 2.75) is 27.2 Å². The highest BCUT2D eigenvalue weighted by molar-refractivity contribution is 6.02. The summed E-state index contributed by atoms with van der Waals surface area (Å²) in [5.41, 5.74) is 2.98. The number of ether oxygens (including phenoxy) is 1. The van der Waals surface area contributed by atoms with Gasteiger partial charge in [0, 0.05) is 17.7 Å². The molecule has 0 spiro atoms. The lowest BCUT2D eigenvalue weighted by Gasteiger charge is -2.17. The van der Waals surface area contributed by atoms with Crippen LogP contribution in [0.25, 0.3) is 0 Å². The van der Waals surface area contributed by atoms with E-state index in [9.17, 15) is 9.90 Å². The van der Waals surface area contributed by atoms with E-state index in [1.165, 1.54) is 12.2 Å². The summed E-state index contributed by atoms with van der Waals surface area (Å²) in [6.07, 6.45) is 5.69. The maximum Gasteiger partial charge on any atom is 0.182 e. The number of rotatable bonds is 3. The summed E-state index contributed by atoms with van der Waals surface area (Å²) in [4.78, 5) is 11.6. The predicted molar refractivity (Wildman–Crippen MR) is 78.7 cm³/mol. The van der Waals surface area contributed by atoms with Gasteiger partial charge in [0.1, 0.15) is 17.3 Å². The normalized spacial score (nSPS) is 16.9. The summed E-state index contributed by atoms with van der Waals surface area (Å²) in [6.45, 7) is 5.97. The van der Waals surface area contributed by atoms with Crippen LogP contribution in [0.5, 0.6) is 11.5 Å². The fourth-order valence-corrected chi connectivity index (χ4v) is 1.95. The molecule has 0 fully saturated rings. The summed E-state index contributed by atoms with van der Waals surface area (Å²) < 4.78 is 5.84. The lowest BCUT2D eigenvalue weighted by atomic mass is 10.00. The number of hydrogen-bond acceptors (Lipinski definition) is 3. The van der Waals surface area contributed by atoms with Crippen molar-refractivity contribution in [2.75, 3.05) is 0 Å². The van der Waals surface area contributed by atoms with Gasteiger partial charge >= 0.3 is 0 Å². The van der Waals surface area contributed by atoms with Crippen LogP contribution in [0, 0.1) is 6.92 Å². The molecule has 0 saturated heterocycles. The Hall–Kier alpha value is -2.29. The molecule has 0 bridgehead atoms. The molecule has 0 aliphatic heterocycles. The fourth-order valence-electron chi connectivity index (χ4n) is 1.95. The number of phenols is 1. The van der Waals surface area contributed by atoms with Gasteiger partial charge in [-0.05, 0) is 44.1 Å². The first-order valence-corrected chi connectivity index (χ1v) is 6.62. The molecule has 1 N–H and O–H groups in total. The Kier molecular flexibility index (Phi) is 4.08. The molecule has 0 atom stereocenters. The van der Waals surface area contributed by atoms with Crippen LogP contribution in [0.3, 0.4) is 0 Å². The van der Waals surface area contributed by atoms with E-state index in [4.69, 9.17) is 4.74 Å². The van der Waals surface area contributed by atoms with Crippen LogP contribution in [0.1, 0.15) is 25.8 Å². The predicted octanol–water partition coefficient (Wildman–Crippen LogP) is 3.83. The van der Waals surface area contributed by atoms with Crippen molar-refractivity contribution >= 4 is 5.78 Å². The molecule has 2 rings (SSSR count). The summed E-state index contributed by atoms with van der Waals surface area (Å²) in [6, 6.07) is 4.94. The molecule has 0 amide bonds.